The number of sulfonamides is 1. The second-order valence-electron chi connectivity index (χ2n) is 5.07. The first-order valence-electron chi connectivity index (χ1n) is 7.30. The SMILES string of the molecule is CCCC(C)NC(=O)COC(=O)c1ccc(S(=O)(=O)NC)cc1. The van der Waals surface area contributed by atoms with E-state index in [4.69, 9.17) is 4.74 Å². The fourth-order valence-corrected chi connectivity index (χ4v) is 2.65. The monoisotopic (exact) mass is 342 g/mol. The smallest absolute Gasteiger partial charge is 0.338 e. The van der Waals surface area contributed by atoms with Crippen LogP contribution >= 0.6 is 0 Å². The molecule has 0 bridgehead atoms. The highest BCUT2D eigenvalue weighted by atomic mass is 32.2. The summed E-state index contributed by atoms with van der Waals surface area (Å²) in [5, 5.41) is 2.72. The van der Waals surface area contributed by atoms with Crippen molar-refractivity contribution in [2.45, 2.75) is 37.6 Å². The summed E-state index contributed by atoms with van der Waals surface area (Å²) in [4.78, 5) is 23.5. The van der Waals surface area contributed by atoms with E-state index < -0.39 is 16.0 Å². The van der Waals surface area contributed by atoms with Crippen molar-refractivity contribution >= 4 is 21.9 Å². The minimum atomic E-state index is -3.55. The van der Waals surface area contributed by atoms with Gasteiger partial charge in [0.1, 0.15) is 0 Å². The first-order chi connectivity index (χ1) is 10.8. The van der Waals surface area contributed by atoms with Gasteiger partial charge in [0.15, 0.2) is 6.61 Å². The van der Waals surface area contributed by atoms with E-state index in [0.29, 0.717) is 0 Å². The molecule has 1 amide bonds. The van der Waals surface area contributed by atoms with Crippen LogP contribution in [0.25, 0.3) is 0 Å². The van der Waals surface area contributed by atoms with Gasteiger partial charge in [0, 0.05) is 6.04 Å². The molecule has 0 saturated carbocycles. The lowest BCUT2D eigenvalue weighted by Gasteiger charge is -2.12. The Kier molecular flexibility index (Phi) is 7.18. The number of benzene rings is 1. The third kappa shape index (κ3) is 5.99. The summed E-state index contributed by atoms with van der Waals surface area (Å²) in [7, 11) is -2.25. The lowest BCUT2D eigenvalue weighted by molar-refractivity contribution is -0.124. The number of hydrogen-bond acceptors (Lipinski definition) is 5. The molecule has 1 atom stereocenters. The molecule has 0 fully saturated rings. The molecule has 1 rings (SSSR count). The van der Waals surface area contributed by atoms with Gasteiger partial charge in [-0.05, 0) is 44.7 Å². The maximum Gasteiger partial charge on any atom is 0.338 e. The van der Waals surface area contributed by atoms with Crippen molar-refractivity contribution in [3.05, 3.63) is 29.8 Å². The van der Waals surface area contributed by atoms with Gasteiger partial charge in [0.25, 0.3) is 5.91 Å². The number of hydrogen-bond donors (Lipinski definition) is 2. The second kappa shape index (κ2) is 8.64. The number of nitrogens with one attached hydrogen (secondary N) is 2. The van der Waals surface area contributed by atoms with Gasteiger partial charge in [-0.1, -0.05) is 13.3 Å². The fourth-order valence-electron chi connectivity index (χ4n) is 1.92. The lowest BCUT2D eigenvalue weighted by atomic mass is 10.2. The van der Waals surface area contributed by atoms with E-state index in [0.717, 1.165) is 12.8 Å². The van der Waals surface area contributed by atoms with Crippen molar-refractivity contribution in [1.82, 2.24) is 10.0 Å². The molecule has 23 heavy (non-hydrogen) atoms. The maximum absolute atomic E-state index is 11.8. The molecular weight excluding hydrogens is 320 g/mol. The van der Waals surface area contributed by atoms with Gasteiger partial charge < -0.3 is 10.1 Å². The number of carbonyl (C=O) groups excluding carboxylic acids is 2. The molecule has 0 radical (unpaired) electrons. The Labute approximate surface area is 136 Å². The zero-order valence-corrected chi connectivity index (χ0v) is 14.3. The molecule has 1 unspecified atom stereocenters. The Morgan fingerprint density at radius 2 is 1.83 bits per heavy atom. The van der Waals surface area contributed by atoms with E-state index in [1.807, 2.05) is 13.8 Å². The Balaban J connectivity index is 2.57. The van der Waals surface area contributed by atoms with E-state index in [1.54, 1.807) is 0 Å². The molecule has 1 aromatic carbocycles. The van der Waals surface area contributed by atoms with Crippen LogP contribution in [0.15, 0.2) is 29.2 Å². The van der Waals surface area contributed by atoms with Crippen LogP contribution in [-0.4, -0.2) is 40.0 Å². The highest BCUT2D eigenvalue weighted by Gasteiger charge is 2.14. The predicted molar refractivity (Wildman–Crippen MR) is 85.5 cm³/mol. The normalized spacial score (nSPS) is 12.5. The van der Waals surface area contributed by atoms with Crippen molar-refractivity contribution in [3.63, 3.8) is 0 Å². The molecule has 0 aromatic heterocycles. The van der Waals surface area contributed by atoms with Crippen molar-refractivity contribution in [2.75, 3.05) is 13.7 Å². The summed E-state index contributed by atoms with van der Waals surface area (Å²) >= 11 is 0. The van der Waals surface area contributed by atoms with Crippen LogP contribution < -0.4 is 10.0 Å². The number of rotatable bonds is 8. The van der Waals surface area contributed by atoms with Gasteiger partial charge in [0.2, 0.25) is 10.0 Å². The minimum Gasteiger partial charge on any atom is -0.452 e. The quantitative estimate of drug-likeness (QED) is 0.688. The van der Waals surface area contributed by atoms with Gasteiger partial charge in [-0.15, -0.1) is 0 Å². The average Bonchev–Trinajstić information content (AvgIpc) is 2.53. The second-order valence-corrected chi connectivity index (χ2v) is 6.95. The molecule has 0 aliphatic heterocycles. The van der Waals surface area contributed by atoms with Crippen molar-refractivity contribution in [2.24, 2.45) is 0 Å². The largest absolute Gasteiger partial charge is 0.452 e. The molecule has 2 N–H and O–H groups in total. The van der Waals surface area contributed by atoms with E-state index in [2.05, 4.69) is 10.0 Å². The summed E-state index contributed by atoms with van der Waals surface area (Å²) in [5.41, 5.74) is 0.175. The molecule has 0 aliphatic rings. The summed E-state index contributed by atoms with van der Waals surface area (Å²) in [6.45, 7) is 3.52. The molecule has 0 aliphatic carbocycles. The summed E-state index contributed by atoms with van der Waals surface area (Å²) in [5.74, 6) is -1.05. The third-order valence-corrected chi connectivity index (χ3v) is 4.56. The minimum absolute atomic E-state index is 0.0252. The summed E-state index contributed by atoms with van der Waals surface area (Å²) in [6, 6.07) is 5.30. The topological polar surface area (TPSA) is 102 Å². The highest BCUT2D eigenvalue weighted by Crippen LogP contribution is 2.11. The average molecular weight is 342 g/mol. The fraction of sp³-hybridized carbons (Fsp3) is 0.467. The van der Waals surface area contributed by atoms with Crippen LogP contribution in [0.4, 0.5) is 0 Å². The molecule has 0 saturated heterocycles. The van der Waals surface area contributed by atoms with E-state index in [9.17, 15) is 18.0 Å². The van der Waals surface area contributed by atoms with Crippen LogP contribution in [0.3, 0.4) is 0 Å². The van der Waals surface area contributed by atoms with Crippen LogP contribution in [0.1, 0.15) is 37.0 Å². The maximum atomic E-state index is 11.8. The molecule has 128 valence electrons. The first-order valence-corrected chi connectivity index (χ1v) is 8.78. The van der Waals surface area contributed by atoms with Crippen LogP contribution in [-0.2, 0) is 19.6 Å². The van der Waals surface area contributed by atoms with Crippen LogP contribution in [0.2, 0.25) is 0 Å². The zero-order chi connectivity index (χ0) is 17.5. The summed E-state index contributed by atoms with van der Waals surface area (Å²) in [6.07, 6.45) is 1.80. The third-order valence-electron chi connectivity index (χ3n) is 3.13. The van der Waals surface area contributed by atoms with Gasteiger partial charge in [-0.3, -0.25) is 4.79 Å². The predicted octanol–water partition coefficient (Wildman–Crippen LogP) is 1.06. The molecule has 0 spiro atoms. The highest BCUT2D eigenvalue weighted by molar-refractivity contribution is 7.89. The number of esters is 1. The molecule has 7 nitrogen and oxygen atoms in total. The first kappa shape index (κ1) is 19.1. The lowest BCUT2D eigenvalue weighted by Crippen LogP contribution is -2.35. The molecule has 8 heteroatoms. The number of amides is 1. The van der Waals surface area contributed by atoms with Crippen LogP contribution in [0.5, 0.6) is 0 Å². The Morgan fingerprint density at radius 1 is 1.22 bits per heavy atom. The Bertz CT molecular complexity index is 640. The van der Waals surface area contributed by atoms with E-state index in [-0.39, 0.29) is 29.0 Å². The molecular formula is C15H22N2O5S. The van der Waals surface area contributed by atoms with Gasteiger partial charge >= 0.3 is 5.97 Å². The standard InChI is InChI=1S/C15H22N2O5S/c1-4-5-11(2)17-14(18)10-22-15(19)12-6-8-13(9-7-12)23(20,21)16-3/h6-9,11,16H,4-5,10H2,1-3H3,(H,17,18). The van der Waals surface area contributed by atoms with Gasteiger partial charge in [-0.2, -0.15) is 0 Å². The number of ether oxygens (including phenoxy) is 1. The van der Waals surface area contributed by atoms with Crippen molar-refractivity contribution < 1.29 is 22.7 Å². The van der Waals surface area contributed by atoms with Crippen LogP contribution in [0, 0.1) is 0 Å². The Morgan fingerprint density at radius 3 is 2.35 bits per heavy atom. The van der Waals surface area contributed by atoms with Gasteiger partial charge in [0.05, 0.1) is 10.5 Å². The zero-order valence-electron chi connectivity index (χ0n) is 13.5. The van der Waals surface area contributed by atoms with Crippen molar-refractivity contribution in [3.8, 4) is 0 Å². The molecule has 0 heterocycles. The Hall–Kier alpha value is -1.93. The van der Waals surface area contributed by atoms with E-state index in [1.165, 1.54) is 31.3 Å². The number of carbonyl (C=O) groups is 2. The van der Waals surface area contributed by atoms with E-state index >= 15 is 0 Å². The molecule has 1 aromatic rings. The summed E-state index contributed by atoms with van der Waals surface area (Å²) < 4.78 is 30.2. The van der Waals surface area contributed by atoms with Gasteiger partial charge in [-0.25, -0.2) is 17.9 Å². The van der Waals surface area contributed by atoms with Crippen molar-refractivity contribution in [1.29, 1.82) is 0 Å².